The third kappa shape index (κ3) is 3.27. The third-order valence-electron chi connectivity index (χ3n) is 6.34. The van der Waals surface area contributed by atoms with Crippen molar-refractivity contribution in [1.29, 1.82) is 0 Å². The van der Waals surface area contributed by atoms with Crippen LogP contribution < -0.4 is 0 Å². The Morgan fingerprint density at radius 3 is 2.23 bits per heavy atom. The molecule has 2 heterocycles. The predicted molar refractivity (Wildman–Crippen MR) is 115 cm³/mol. The van der Waals surface area contributed by atoms with Gasteiger partial charge in [0.2, 0.25) is 0 Å². The van der Waals surface area contributed by atoms with Crippen LogP contribution in [-0.2, 0) is 4.79 Å². The second-order valence-corrected chi connectivity index (χ2v) is 8.41. The maximum Gasteiger partial charge on any atom is 0.254 e. The zero-order chi connectivity index (χ0) is 20.9. The fraction of sp³-hybridized carbons (Fsp3) is 0.333. The Kier molecular flexibility index (Phi) is 4.40. The number of aromatic amines is 1. The molecule has 1 aliphatic heterocycles. The van der Waals surface area contributed by atoms with Gasteiger partial charge in [0.15, 0.2) is 0 Å². The molecule has 1 aliphatic carbocycles. The smallest absolute Gasteiger partial charge is 0.254 e. The lowest BCUT2D eigenvalue weighted by molar-refractivity contribution is -0.143. The highest BCUT2D eigenvalue weighted by Gasteiger charge is 2.50. The second kappa shape index (κ2) is 6.99. The van der Waals surface area contributed by atoms with Crippen LogP contribution in [0.3, 0.4) is 0 Å². The highest BCUT2D eigenvalue weighted by atomic mass is 16.3. The number of benzene rings is 2. The zero-order valence-corrected chi connectivity index (χ0v) is 17.0. The Bertz CT molecular complexity index is 1120. The van der Waals surface area contributed by atoms with Crippen molar-refractivity contribution < 1.29 is 14.7 Å². The molecule has 0 spiro atoms. The molecule has 2 fully saturated rings. The molecule has 3 aromatic rings. The summed E-state index contributed by atoms with van der Waals surface area (Å²) in [4.78, 5) is 31.9. The quantitative estimate of drug-likeness (QED) is 0.706. The van der Waals surface area contributed by atoms with E-state index in [4.69, 9.17) is 0 Å². The highest BCUT2D eigenvalue weighted by Crippen LogP contribution is 2.37. The van der Waals surface area contributed by atoms with Gasteiger partial charge in [-0.1, -0.05) is 24.3 Å². The van der Waals surface area contributed by atoms with Crippen LogP contribution >= 0.6 is 0 Å². The number of fused-ring (bicyclic) bond motifs is 1. The van der Waals surface area contributed by atoms with E-state index in [1.807, 2.05) is 30.5 Å². The lowest BCUT2D eigenvalue weighted by Gasteiger charge is -2.35. The zero-order valence-electron chi connectivity index (χ0n) is 17.0. The predicted octanol–water partition coefficient (Wildman–Crippen LogP) is 2.95. The Morgan fingerprint density at radius 1 is 0.933 bits per heavy atom. The fourth-order valence-corrected chi connectivity index (χ4v) is 4.18. The van der Waals surface area contributed by atoms with Gasteiger partial charge in [-0.25, -0.2) is 0 Å². The summed E-state index contributed by atoms with van der Waals surface area (Å²) in [6.45, 7) is 3.99. The Labute approximate surface area is 175 Å². The van der Waals surface area contributed by atoms with Gasteiger partial charge in [0.05, 0.1) is 0 Å². The maximum absolute atomic E-state index is 12.9. The number of aromatic nitrogens is 1. The molecule has 2 aliphatic rings. The Balaban J connectivity index is 1.26. The highest BCUT2D eigenvalue weighted by molar-refractivity contribution is 5.95. The topological polar surface area (TPSA) is 76.6 Å². The molecule has 6 heteroatoms. The van der Waals surface area contributed by atoms with E-state index >= 15 is 0 Å². The van der Waals surface area contributed by atoms with Crippen molar-refractivity contribution in [2.45, 2.75) is 25.4 Å². The van der Waals surface area contributed by atoms with E-state index in [2.05, 4.69) is 30.1 Å². The number of rotatable bonds is 3. The first-order chi connectivity index (χ1) is 14.4. The number of carbonyl (C=O) groups excluding carboxylic acids is 2. The van der Waals surface area contributed by atoms with Gasteiger partial charge in [0.1, 0.15) is 5.60 Å². The van der Waals surface area contributed by atoms with E-state index in [1.54, 1.807) is 9.80 Å². The molecule has 2 N–H and O–H groups in total. The van der Waals surface area contributed by atoms with Crippen LogP contribution in [0, 0.1) is 6.92 Å². The first kappa shape index (κ1) is 18.9. The fourth-order valence-electron chi connectivity index (χ4n) is 4.18. The molecule has 2 aromatic carbocycles. The molecule has 154 valence electrons. The number of amides is 2. The average Bonchev–Trinajstić information content (AvgIpc) is 3.44. The number of hydrogen-bond acceptors (Lipinski definition) is 3. The first-order valence-corrected chi connectivity index (χ1v) is 10.4. The van der Waals surface area contributed by atoms with Crippen LogP contribution in [-0.4, -0.2) is 63.5 Å². The van der Waals surface area contributed by atoms with E-state index in [1.165, 1.54) is 10.8 Å². The average molecular weight is 403 g/mol. The Morgan fingerprint density at radius 2 is 1.57 bits per heavy atom. The first-order valence-electron chi connectivity index (χ1n) is 10.4. The van der Waals surface area contributed by atoms with Crippen molar-refractivity contribution in [3.8, 4) is 11.1 Å². The number of H-pyrrole nitrogens is 1. The molecule has 0 radical (unpaired) electrons. The molecular formula is C24H25N3O3. The van der Waals surface area contributed by atoms with Crippen LogP contribution in [0.5, 0.6) is 0 Å². The van der Waals surface area contributed by atoms with Crippen molar-refractivity contribution in [3.63, 3.8) is 0 Å². The number of piperazine rings is 1. The molecule has 0 atom stereocenters. The van der Waals surface area contributed by atoms with Crippen LogP contribution in [0.15, 0.2) is 48.7 Å². The molecule has 1 saturated carbocycles. The third-order valence-corrected chi connectivity index (χ3v) is 6.34. The molecule has 0 unspecified atom stereocenters. The van der Waals surface area contributed by atoms with E-state index in [0.717, 1.165) is 16.8 Å². The number of nitrogens with one attached hydrogen (secondary N) is 1. The van der Waals surface area contributed by atoms with Gasteiger partial charge in [-0.15, -0.1) is 0 Å². The van der Waals surface area contributed by atoms with Crippen molar-refractivity contribution in [1.82, 2.24) is 14.8 Å². The molecule has 0 bridgehead atoms. The van der Waals surface area contributed by atoms with Gasteiger partial charge in [-0.2, -0.15) is 0 Å². The minimum absolute atomic E-state index is 0.0179. The summed E-state index contributed by atoms with van der Waals surface area (Å²) in [5.41, 5.74) is 2.85. The van der Waals surface area contributed by atoms with Gasteiger partial charge < -0.3 is 19.9 Å². The van der Waals surface area contributed by atoms with Crippen molar-refractivity contribution in [3.05, 3.63) is 59.9 Å². The normalized spacial score (nSPS) is 17.9. The summed E-state index contributed by atoms with van der Waals surface area (Å²) in [6.07, 6.45) is 3.11. The van der Waals surface area contributed by atoms with Gasteiger partial charge >= 0.3 is 0 Å². The summed E-state index contributed by atoms with van der Waals surface area (Å²) in [6, 6.07) is 14.1. The number of hydrogen-bond donors (Lipinski definition) is 2. The van der Waals surface area contributed by atoms with Crippen molar-refractivity contribution in [2.75, 3.05) is 26.2 Å². The number of nitrogens with zero attached hydrogens (tertiary/aromatic N) is 2. The standard InChI is InChI=1S/C24H25N3O3/c1-16-21-14-19(6-7-20(21)15-25-16)17-2-4-18(5-3-17)22(28)26-10-12-27(13-11-26)23(29)24(30)8-9-24/h2-7,14-15,25,30H,8-13H2,1H3. The molecule has 6 nitrogen and oxygen atoms in total. The lowest BCUT2D eigenvalue weighted by Crippen LogP contribution is -2.53. The summed E-state index contributed by atoms with van der Waals surface area (Å²) < 4.78 is 0. The SMILES string of the molecule is Cc1[nH]cc2ccc(-c3ccc(C(=O)N4CCN(C(=O)C5(O)CC5)CC4)cc3)cc12. The molecule has 30 heavy (non-hydrogen) atoms. The number of aryl methyl sites for hydroxylation is 1. The summed E-state index contributed by atoms with van der Waals surface area (Å²) in [5.74, 6) is -0.204. The van der Waals surface area contributed by atoms with Crippen LogP contribution in [0.4, 0.5) is 0 Å². The van der Waals surface area contributed by atoms with E-state index < -0.39 is 5.60 Å². The largest absolute Gasteiger partial charge is 0.380 e. The van der Waals surface area contributed by atoms with Crippen LogP contribution in [0.25, 0.3) is 21.9 Å². The van der Waals surface area contributed by atoms with Gasteiger partial charge in [0, 0.05) is 49.0 Å². The molecule has 5 rings (SSSR count). The minimum Gasteiger partial charge on any atom is -0.380 e. The van der Waals surface area contributed by atoms with Gasteiger partial charge in [-0.3, -0.25) is 9.59 Å². The lowest BCUT2D eigenvalue weighted by atomic mass is 10.0. The van der Waals surface area contributed by atoms with E-state index in [-0.39, 0.29) is 11.8 Å². The summed E-state index contributed by atoms with van der Waals surface area (Å²) in [7, 11) is 0. The van der Waals surface area contributed by atoms with Gasteiger partial charge in [-0.05, 0) is 54.5 Å². The summed E-state index contributed by atoms with van der Waals surface area (Å²) >= 11 is 0. The molecular weight excluding hydrogens is 378 g/mol. The van der Waals surface area contributed by atoms with Crippen molar-refractivity contribution >= 4 is 22.6 Å². The molecule has 1 aromatic heterocycles. The minimum atomic E-state index is -1.13. The van der Waals surface area contributed by atoms with E-state index in [0.29, 0.717) is 44.6 Å². The number of carbonyl (C=O) groups is 2. The molecule has 1 saturated heterocycles. The summed E-state index contributed by atoms with van der Waals surface area (Å²) in [5, 5.41) is 12.4. The molecule has 2 amide bonds. The van der Waals surface area contributed by atoms with Gasteiger partial charge in [0.25, 0.3) is 11.8 Å². The number of aliphatic hydroxyl groups is 1. The second-order valence-electron chi connectivity index (χ2n) is 8.41. The Hall–Kier alpha value is -3.12. The van der Waals surface area contributed by atoms with Crippen molar-refractivity contribution in [2.24, 2.45) is 0 Å². The monoisotopic (exact) mass is 403 g/mol. The maximum atomic E-state index is 12.9. The van der Waals surface area contributed by atoms with Crippen LogP contribution in [0.1, 0.15) is 28.9 Å². The van der Waals surface area contributed by atoms with Crippen LogP contribution in [0.2, 0.25) is 0 Å². The van der Waals surface area contributed by atoms with E-state index in [9.17, 15) is 14.7 Å².